The number of unbranched alkanes of at least 4 members (excludes halogenated alkanes) is 1. The van der Waals surface area contributed by atoms with Crippen molar-refractivity contribution in [2.75, 3.05) is 13.2 Å². The average Bonchev–Trinajstić information content (AvgIpc) is 2.90. The van der Waals surface area contributed by atoms with Crippen molar-refractivity contribution in [2.45, 2.75) is 52.5 Å². The van der Waals surface area contributed by atoms with Crippen molar-refractivity contribution < 1.29 is 23.2 Å². The molecule has 4 rings (SSSR count). The minimum atomic E-state index is -0.545. The molecule has 1 N–H and O–H groups in total. The maximum absolute atomic E-state index is 14.5. The zero-order valence-corrected chi connectivity index (χ0v) is 22.0. The van der Waals surface area contributed by atoms with Crippen LogP contribution in [0.1, 0.15) is 54.7 Å². The lowest BCUT2D eigenvalue weighted by Gasteiger charge is -2.29. The Morgan fingerprint density at radius 2 is 2.03 bits per heavy atom. The summed E-state index contributed by atoms with van der Waals surface area (Å²) in [6.45, 7) is 13.2. The van der Waals surface area contributed by atoms with Crippen molar-refractivity contribution in [3.05, 3.63) is 93.7 Å². The van der Waals surface area contributed by atoms with Crippen LogP contribution in [0.15, 0.2) is 71.5 Å². The van der Waals surface area contributed by atoms with Crippen molar-refractivity contribution in [2.24, 2.45) is 5.92 Å². The van der Waals surface area contributed by atoms with Gasteiger partial charge in [-0.2, -0.15) is 0 Å². The van der Waals surface area contributed by atoms with E-state index >= 15 is 0 Å². The van der Waals surface area contributed by atoms with E-state index in [9.17, 15) is 14.0 Å². The fourth-order valence-electron chi connectivity index (χ4n) is 4.45. The van der Waals surface area contributed by atoms with Gasteiger partial charge in [-0.25, -0.2) is 8.97 Å². The van der Waals surface area contributed by atoms with Crippen molar-refractivity contribution >= 4 is 18.3 Å². The fourth-order valence-corrected chi connectivity index (χ4v) is 4.45. The number of allylic oxidation sites excluding steroid dienone is 2. The van der Waals surface area contributed by atoms with Gasteiger partial charge in [0.05, 0.1) is 6.54 Å². The number of carbonyl (C=O) groups excluding carboxylic acids is 1. The highest BCUT2D eigenvalue weighted by molar-refractivity contribution is 5.96. The molecule has 1 aromatic carbocycles. The number of ether oxygens (including phenoxy) is 2. The van der Waals surface area contributed by atoms with Gasteiger partial charge in [-0.05, 0) is 37.0 Å². The normalized spacial score (nSPS) is 18.7. The number of aromatic nitrogens is 1. The van der Waals surface area contributed by atoms with Crippen LogP contribution < -0.4 is 15.5 Å². The number of amides is 1. The topological polar surface area (TPSA) is 72.6 Å². The summed E-state index contributed by atoms with van der Waals surface area (Å²) in [6, 6.07) is 9.39. The molecule has 0 spiro atoms. The molecule has 2 heterocycles. The van der Waals surface area contributed by atoms with Gasteiger partial charge in [0.1, 0.15) is 30.9 Å². The van der Waals surface area contributed by atoms with Crippen LogP contribution in [-0.2, 0) is 17.9 Å². The van der Waals surface area contributed by atoms with E-state index in [2.05, 4.69) is 25.5 Å². The average molecular weight is 521 g/mol. The van der Waals surface area contributed by atoms with Gasteiger partial charge in [0.25, 0.3) is 5.91 Å². The summed E-state index contributed by atoms with van der Waals surface area (Å²) >= 11 is 0. The summed E-state index contributed by atoms with van der Waals surface area (Å²) in [6.07, 6.45) is 7.05. The predicted octanol–water partition coefficient (Wildman–Crippen LogP) is 4.82. The molecule has 2 aliphatic rings. The lowest BCUT2D eigenvalue weighted by atomic mass is 9.97. The van der Waals surface area contributed by atoms with E-state index in [4.69, 9.17) is 9.47 Å². The molecule has 0 radical (unpaired) electrons. The Morgan fingerprint density at radius 1 is 1.26 bits per heavy atom. The van der Waals surface area contributed by atoms with Crippen molar-refractivity contribution in [3.8, 4) is 5.75 Å². The number of fused-ring (bicyclic) bond motifs is 1. The molecular formula is C30H35FN3O4+. The standard InChI is InChI=1S/C30H34FN3O4/c1-5-6-14-37-26-18-34-17-24(21(3)33(4)16-23-13-12-20(2)15-25(23)31)28(35)29(27(34)30(36)32-26)38-19-22-10-8-7-9-11-22/h7-11,13,15,17,20,26H,3-6,12,14,16,18-19H2,1-2H3/p+1. The molecule has 2 unspecified atom stereocenters. The first-order valence-corrected chi connectivity index (χ1v) is 13.0. The van der Waals surface area contributed by atoms with E-state index in [0.717, 1.165) is 24.8 Å². The molecule has 38 heavy (non-hydrogen) atoms. The Hall–Kier alpha value is -3.78. The van der Waals surface area contributed by atoms with Crippen LogP contribution in [0, 0.1) is 5.92 Å². The summed E-state index contributed by atoms with van der Waals surface area (Å²) in [5.74, 6) is -0.672. The number of hydrogen-bond donors (Lipinski definition) is 1. The van der Waals surface area contributed by atoms with Gasteiger partial charge in [-0.15, -0.1) is 0 Å². The highest BCUT2D eigenvalue weighted by atomic mass is 19.1. The number of halogens is 1. The Balaban J connectivity index is 1.67. The molecule has 0 saturated carbocycles. The van der Waals surface area contributed by atoms with Crippen LogP contribution >= 0.6 is 0 Å². The van der Waals surface area contributed by atoms with Gasteiger partial charge in [0, 0.05) is 18.4 Å². The highest BCUT2D eigenvalue weighted by Crippen LogP contribution is 2.27. The van der Waals surface area contributed by atoms with Crippen molar-refractivity contribution in [1.29, 1.82) is 0 Å². The third-order valence-corrected chi connectivity index (χ3v) is 6.68. The summed E-state index contributed by atoms with van der Waals surface area (Å²) in [7, 11) is 0. The molecule has 0 bridgehead atoms. The molecule has 1 aromatic heterocycles. The van der Waals surface area contributed by atoms with E-state index in [1.807, 2.05) is 43.3 Å². The molecule has 1 amide bonds. The molecule has 1 aliphatic carbocycles. The summed E-state index contributed by atoms with van der Waals surface area (Å²) in [5.41, 5.74) is 1.53. The number of rotatable bonds is 11. The quantitative estimate of drug-likeness (QED) is 0.262. The number of benzene rings is 1. The van der Waals surface area contributed by atoms with Gasteiger partial charge in [-0.3, -0.25) is 9.59 Å². The minimum Gasteiger partial charge on any atom is -0.483 e. The van der Waals surface area contributed by atoms with E-state index in [0.29, 0.717) is 24.4 Å². The largest absolute Gasteiger partial charge is 0.483 e. The van der Waals surface area contributed by atoms with Crippen molar-refractivity contribution in [3.63, 3.8) is 0 Å². The number of hydrogen-bond acceptors (Lipinski definition) is 4. The predicted molar refractivity (Wildman–Crippen MR) is 146 cm³/mol. The molecule has 2 aromatic rings. The van der Waals surface area contributed by atoms with E-state index in [-0.39, 0.29) is 41.9 Å². The number of nitrogens with zero attached hydrogens (tertiary/aromatic N) is 2. The van der Waals surface area contributed by atoms with Crippen molar-refractivity contribution in [1.82, 2.24) is 9.88 Å². The first kappa shape index (κ1) is 27.3. The Morgan fingerprint density at radius 3 is 2.74 bits per heavy atom. The molecule has 2 atom stereocenters. The summed E-state index contributed by atoms with van der Waals surface area (Å²) < 4.78 is 29.5. The van der Waals surface area contributed by atoms with Crippen LogP contribution in [0.4, 0.5) is 4.39 Å². The van der Waals surface area contributed by atoms with Gasteiger partial charge in [0.15, 0.2) is 18.0 Å². The molecule has 0 saturated heterocycles. The molecule has 7 nitrogen and oxygen atoms in total. The lowest BCUT2D eigenvalue weighted by Crippen LogP contribution is -2.47. The fraction of sp³-hybridized carbons (Fsp3) is 0.367. The second-order valence-corrected chi connectivity index (χ2v) is 9.76. The minimum absolute atomic E-state index is 0.0674. The van der Waals surface area contributed by atoms with Crippen LogP contribution in [0.25, 0.3) is 5.70 Å². The van der Waals surface area contributed by atoms with Gasteiger partial charge in [0.2, 0.25) is 11.1 Å². The maximum atomic E-state index is 14.5. The van der Waals surface area contributed by atoms with Crippen LogP contribution in [0.2, 0.25) is 0 Å². The molecule has 8 heteroatoms. The maximum Gasteiger partial charge on any atom is 0.273 e. The molecule has 0 fully saturated rings. The summed E-state index contributed by atoms with van der Waals surface area (Å²) in [5, 5.41) is 2.83. The SMILES string of the molecule is C=C(c1cn2c(c(OCc3ccccc3)c1=O)C(=O)NC(OCCCC)C2)[N+](=C)CC1=CCC(C)C=C1F. The van der Waals surface area contributed by atoms with E-state index < -0.39 is 17.6 Å². The number of nitrogens with one attached hydrogen (secondary N) is 1. The van der Waals surface area contributed by atoms with Crippen LogP contribution in [0.3, 0.4) is 0 Å². The first-order valence-electron chi connectivity index (χ1n) is 13.0. The monoisotopic (exact) mass is 520 g/mol. The molecule has 1 aliphatic heterocycles. The first-order chi connectivity index (χ1) is 18.3. The Labute approximate surface area is 222 Å². The van der Waals surface area contributed by atoms with Gasteiger partial charge in [-0.1, -0.05) is 56.7 Å². The van der Waals surface area contributed by atoms with E-state index in [1.165, 1.54) is 4.58 Å². The summed E-state index contributed by atoms with van der Waals surface area (Å²) in [4.78, 5) is 26.8. The van der Waals surface area contributed by atoms with Gasteiger partial charge >= 0.3 is 0 Å². The van der Waals surface area contributed by atoms with Crippen LogP contribution in [-0.4, -0.2) is 41.1 Å². The zero-order valence-electron chi connectivity index (χ0n) is 22.0. The van der Waals surface area contributed by atoms with E-state index in [1.54, 1.807) is 16.8 Å². The highest BCUT2D eigenvalue weighted by Gasteiger charge is 2.32. The van der Waals surface area contributed by atoms with Gasteiger partial charge < -0.3 is 19.4 Å². The second-order valence-electron chi connectivity index (χ2n) is 9.76. The molecular weight excluding hydrogens is 485 g/mol. The Kier molecular flexibility index (Phi) is 8.73. The second kappa shape index (κ2) is 12.2. The zero-order chi connectivity index (χ0) is 27.2. The number of pyridine rings is 1. The van der Waals surface area contributed by atoms with Crippen LogP contribution in [0.5, 0.6) is 5.75 Å². The number of carbonyl (C=O) groups is 1. The lowest BCUT2D eigenvalue weighted by molar-refractivity contribution is -0.411. The third kappa shape index (κ3) is 6.19. The third-order valence-electron chi connectivity index (χ3n) is 6.68. The Bertz CT molecular complexity index is 1340. The smallest absolute Gasteiger partial charge is 0.273 e. The molecule has 200 valence electrons.